The van der Waals surface area contributed by atoms with Crippen LogP contribution in [0.5, 0.6) is 0 Å². The van der Waals surface area contributed by atoms with Crippen molar-refractivity contribution in [2.45, 2.75) is 123 Å². The van der Waals surface area contributed by atoms with Gasteiger partial charge in [-0.3, -0.25) is 24.0 Å². The number of hydrogen-bond acceptors (Lipinski definition) is 12. The summed E-state index contributed by atoms with van der Waals surface area (Å²) in [5.74, 6) is -4.03. The maximum Gasteiger partial charge on any atom is 0.328 e. The van der Waals surface area contributed by atoms with Gasteiger partial charge in [-0.15, -0.1) is 0 Å². The second-order valence-electron chi connectivity index (χ2n) is 17.4. The SMILES string of the molecule is CCC(C)[C@@H](C(CC(=O)N1CCC[C@H]1C(OC)C(C)C(=O)NC(Cc1ccccc1)C(=O)OC)OC)N(C)C(=O)[C@@H](NC(=O)[C@H](C(C)C)N(C)C(=O)COCCOCCN=[N+]=[N-])C(C)C. The van der Waals surface area contributed by atoms with E-state index in [4.69, 9.17) is 29.2 Å². The van der Waals surface area contributed by atoms with E-state index in [-0.39, 0.29) is 75.4 Å². The average Bonchev–Trinajstić information content (AvgIpc) is 3.77. The Balaban J connectivity index is 2.23. The topological polar surface area (TPSA) is 231 Å². The summed E-state index contributed by atoms with van der Waals surface area (Å²) in [6.07, 6.45) is 0.677. The smallest absolute Gasteiger partial charge is 0.328 e. The van der Waals surface area contributed by atoms with Crippen LogP contribution in [0, 0.1) is 23.7 Å². The summed E-state index contributed by atoms with van der Waals surface area (Å²) in [4.78, 5) is 89.8. The van der Waals surface area contributed by atoms with Crippen LogP contribution < -0.4 is 10.6 Å². The molecule has 1 heterocycles. The Kier molecular flexibility index (Phi) is 25.1. The van der Waals surface area contributed by atoms with E-state index in [0.29, 0.717) is 25.8 Å². The first kappa shape index (κ1) is 56.3. The van der Waals surface area contributed by atoms with Gasteiger partial charge in [0.25, 0.3) is 0 Å². The first-order valence-electron chi connectivity index (χ1n) is 22.7. The van der Waals surface area contributed by atoms with Gasteiger partial charge in [0.05, 0.1) is 63.6 Å². The lowest BCUT2D eigenvalue weighted by Crippen LogP contribution is -2.60. The minimum absolute atomic E-state index is 0.0664. The van der Waals surface area contributed by atoms with Crippen molar-refractivity contribution >= 4 is 35.5 Å². The van der Waals surface area contributed by atoms with Crippen LogP contribution in [0.1, 0.15) is 79.7 Å². The first-order valence-corrected chi connectivity index (χ1v) is 22.7. The predicted molar refractivity (Wildman–Crippen MR) is 244 cm³/mol. The number of amides is 5. The molecule has 0 aliphatic carbocycles. The predicted octanol–water partition coefficient (Wildman–Crippen LogP) is 3.77. The molecule has 1 saturated heterocycles. The van der Waals surface area contributed by atoms with Gasteiger partial charge < -0.3 is 49.0 Å². The second kappa shape index (κ2) is 29.0. The van der Waals surface area contributed by atoms with Crippen LogP contribution in [0.15, 0.2) is 35.4 Å². The monoisotopic (exact) mass is 917 g/mol. The van der Waals surface area contributed by atoms with Crippen LogP contribution in [0.3, 0.4) is 0 Å². The molecule has 0 aromatic heterocycles. The van der Waals surface area contributed by atoms with Gasteiger partial charge in [0.2, 0.25) is 29.5 Å². The first-order chi connectivity index (χ1) is 30.9. The van der Waals surface area contributed by atoms with Crippen molar-refractivity contribution in [2.24, 2.45) is 28.8 Å². The summed E-state index contributed by atoms with van der Waals surface area (Å²) in [5, 5.41) is 9.17. The van der Waals surface area contributed by atoms with E-state index in [9.17, 15) is 28.8 Å². The molecule has 65 heavy (non-hydrogen) atoms. The number of likely N-dealkylation sites (tertiary alicyclic amines) is 1. The molecule has 2 rings (SSSR count). The van der Waals surface area contributed by atoms with Crippen LogP contribution in [0.2, 0.25) is 0 Å². The Bertz CT molecular complexity index is 1710. The largest absolute Gasteiger partial charge is 0.467 e. The van der Waals surface area contributed by atoms with Crippen molar-refractivity contribution in [2.75, 3.05) is 74.9 Å². The number of ether oxygens (including phenoxy) is 5. The molecule has 0 saturated carbocycles. The number of nitrogens with zero attached hydrogens (tertiary/aromatic N) is 6. The molecule has 1 aliphatic heterocycles. The molecule has 1 aliphatic rings. The number of azide groups is 1. The van der Waals surface area contributed by atoms with E-state index in [1.807, 2.05) is 71.9 Å². The molecule has 366 valence electrons. The van der Waals surface area contributed by atoms with Crippen LogP contribution in [0.4, 0.5) is 0 Å². The third kappa shape index (κ3) is 16.8. The molecule has 9 atom stereocenters. The standard InChI is InChI=1S/C46H76N8O11/c1-13-31(6)41(53(9)45(59)39(29(2)3)50-44(58)40(30(4)5)52(8)38(56)28-65-25-24-64-23-21-48-51-47)36(61-10)27-37(55)54-22-17-20-35(54)42(62-11)32(7)43(57)49-34(46(60)63-12)26-33-18-15-14-16-19-33/h14-16,18-19,29-32,34-36,39-42H,13,17,20-28H2,1-12H3,(H,49,57)(H,50,58)/t31?,32?,34?,35-,36?,39-,40-,41-,42?/m0/s1. The molecule has 1 aromatic rings. The summed E-state index contributed by atoms with van der Waals surface area (Å²) in [7, 11) is 7.46. The van der Waals surface area contributed by atoms with Crippen molar-refractivity contribution in [3.8, 4) is 0 Å². The van der Waals surface area contributed by atoms with Crippen LogP contribution >= 0.6 is 0 Å². The van der Waals surface area contributed by atoms with Gasteiger partial charge in [-0.05, 0) is 41.7 Å². The van der Waals surface area contributed by atoms with Gasteiger partial charge in [0, 0.05) is 52.7 Å². The molecular formula is C46H76N8O11. The molecule has 0 spiro atoms. The molecule has 19 heteroatoms. The summed E-state index contributed by atoms with van der Waals surface area (Å²) in [5.41, 5.74) is 9.22. The number of rotatable bonds is 29. The molecule has 5 unspecified atom stereocenters. The number of nitrogens with one attached hydrogen (secondary N) is 2. The highest BCUT2D eigenvalue weighted by molar-refractivity contribution is 5.92. The lowest BCUT2D eigenvalue weighted by Gasteiger charge is -2.41. The average molecular weight is 917 g/mol. The van der Waals surface area contributed by atoms with Crippen LogP contribution in [0.25, 0.3) is 10.4 Å². The highest BCUT2D eigenvalue weighted by atomic mass is 16.5. The summed E-state index contributed by atoms with van der Waals surface area (Å²) in [6.45, 7) is 13.8. The van der Waals surface area contributed by atoms with E-state index in [0.717, 1.165) is 5.56 Å². The quantitative estimate of drug-likeness (QED) is 0.0386. The van der Waals surface area contributed by atoms with E-state index >= 15 is 0 Å². The van der Waals surface area contributed by atoms with E-state index in [2.05, 4.69) is 20.7 Å². The van der Waals surface area contributed by atoms with Gasteiger partial charge in [0.1, 0.15) is 24.7 Å². The van der Waals surface area contributed by atoms with Gasteiger partial charge in [0.15, 0.2) is 0 Å². The van der Waals surface area contributed by atoms with Crippen molar-refractivity contribution in [3.05, 3.63) is 46.3 Å². The molecule has 1 fully saturated rings. The van der Waals surface area contributed by atoms with E-state index < -0.39 is 72.0 Å². The van der Waals surface area contributed by atoms with Crippen LogP contribution in [-0.2, 0) is 58.9 Å². The number of benzene rings is 1. The molecule has 5 amide bonds. The van der Waals surface area contributed by atoms with Gasteiger partial charge in [-0.25, -0.2) is 4.79 Å². The number of methoxy groups -OCH3 is 3. The zero-order chi connectivity index (χ0) is 48.8. The molecule has 2 N–H and O–H groups in total. The molecular weight excluding hydrogens is 841 g/mol. The number of likely N-dealkylation sites (N-methyl/N-ethyl adjacent to an activating group) is 2. The molecule has 0 radical (unpaired) electrons. The normalized spacial score (nSPS) is 17.4. The number of carbonyl (C=O) groups excluding carboxylic acids is 6. The fourth-order valence-corrected chi connectivity index (χ4v) is 8.48. The zero-order valence-corrected chi connectivity index (χ0v) is 40.7. The third-order valence-corrected chi connectivity index (χ3v) is 12.3. The Hall–Kier alpha value is -4.81. The molecule has 19 nitrogen and oxygen atoms in total. The minimum Gasteiger partial charge on any atom is -0.467 e. The van der Waals surface area contributed by atoms with E-state index in [1.54, 1.807) is 23.8 Å². The summed E-state index contributed by atoms with van der Waals surface area (Å²) in [6, 6.07) is 5.48. The minimum atomic E-state index is -0.972. The van der Waals surface area contributed by atoms with Crippen molar-refractivity contribution < 1.29 is 52.5 Å². The highest BCUT2D eigenvalue weighted by Gasteiger charge is 2.44. The third-order valence-electron chi connectivity index (χ3n) is 12.3. The van der Waals surface area contributed by atoms with Crippen molar-refractivity contribution in [1.82, 2.24) is 25.3 Å². The Labute approximate surface area is 385 Å². The van der Waals surface area contributed by atoms with Crippen molar-refractivity contribution in [3.63, 3.8) is 0 Å². The van der Waals surface area contributed by atoms with Crippen molar-refractivity contribution in [1.29, 1.82) is 0 Å². The fourth-order valence-electron chi connectivity index (χ4n) is 8.48. The summed E-state index contributed by atoms with van der Waals surface area (Å²) < 4.78 is 27.8. The van der Waals surface area contributed by atoms with E-state index in [1.165, 1.54) is 33.3 Å². The lowest BCUT2D eigenvalue weighted by molar-refractivity contribution is -0.149. The molecule has 0 bridgehead atoms. The summed E-state index contributed by atoms with van der Waals surface area (Å²) >= 11 is 0. The maximum absolute atomic E-state index is 14.5. The highest BCUT2D eigenvalue weighted by Crippen LogP contribution is 2.30. The van der Waals surface area contributed by atoms with Crippen LogP contribution in [-0.4, -0.2) is 168 Å². The maximum atomic E-state index is 14.5. The zero-order valence-electron chi connectivity index (χ0n) is 40.7. The van der Waals surface area contributed by atoms with Gasteiger partial charge >= 0.3 is 5.97 Å². The number of hydrogen-bond donors (Lipinski definition) is 2. The lowest BCUT2D eigenvalue weighted by atomic mass is 9.89. The number of esters is 1. The van der Waals surface area contributed by atoms with Gasteiger partial charge in [-0.1, -0.05) is 90.3 Å². The number of carbonyl (C=O) groups is 6. The Morgan fingerprint density at radius 2 is 1.54 bits per heavy atom. The second-order valence-corrected chi connectivity index (χ2v) is 17.4. The Morgan fingerprint density at radius 1 is 0.877 bits per heavy atom. The Morgan fingerprint density at radius 3 is 2.11 bits per heavy atom. The fraction of sp³-hybridized carbons (Fsp3) is 0.739. The molecule has 1 aromatic carbocycles. The van der Waals surface area contributed by atoms with Gasteiger partial charge in [-0.2, -0.15) is 0 Å².